The van der Waals surface area contributed by atoms with E-state index in [4.69, 9.17) is 4.42 Å². The van der Waals surface area contributed by atoms with Crippen LogP contribution in [0.1, 0.15) is 27.9 Å². The Bertz CT molecular complexity index is 1600. The fraction of sp³-hybridized carbons (Fsp3) is 0.130. The summed E-state index contributed by atoms with van der Waals surface area (Å²) in [5.74, 6) is -1.64. The number of furan rings is 1. The van der Waals surface area contributed by atoms with Crippen LogP contribution in [-0.4, -0.2) is 41.4 Å². The molecule has 1 amide bonds. The lowest BCUT2D eigenvalue weighted by molar-refractivity contribution is -0.117. The monoisotopic (exact) mass is 495 g/mol. The van der Waals surface area contributed by atoms with Crippen molar-refractivity contribution in [2.24, 2.45) is 0 Å². The van der Waals surface area contributed by atoms with Gasteiger partial charge in [-0.05, 0) is 48.9 Å². The number of carbonyl (C=O) groups is 2. The second-order valence-electron chi connectivity index (χ2n) is 7.76. The van der Waals surface area contributed by atoms with Crippen molar-refractivity contribution < 1.29 is 27.5 Å². The number of carbonyl (C=O) groups excluding carboxylic acids is 2. The second-order valence-corrected chi connectivity index (χ2v) is 10.8. The lowest BCUT2D eigenvalue weighted by Gasteiger charge is -2.23. The number of aliphatic hydroxyl groups is 1. The van der Waals surface area contributed by atoms with Gasteiger partial charge in [0, 0.05) is 18.6 Å². The van der Waals surface area contributed by atoms with Crippen LogP contribution in [0.15, 0.2) is 75.5 Å². The van der Waals surface area contributed by atoms with Crippen LogP contribution < -0.4 is 4.90 Å². The van der Waals surface area contributed by atoms with Gasteiger partial charge in [-0.3, -0.25) is 19.5 Å². The first-order valence-corrected chi connectivity index (χ1v) is 12.7. The van der Waals surface area contributed by atoms with Gasteiger partial charge in [0.05, 0.1) is 26.7 Å². The highest BCUT2D eigenvalue weighted by molar-refractivity contribution is 7.90. The second kappa shape index (κ2) is 7.89. The van der Waals surface area contributed by atoms with Crippen molar-refractivity contribution in [1.29, 1.82) is 0 Å². The lowest BCUT2D eigenvalue weighted by Crippen LogP contribution is -2.31. The topological polar surface area (TPSA) is 131 Å². The number of hydrogen-bond donors (Lipinski definition) is 1. The number of ketones is 1. The molecule has 34 heavy (non-hydrogen) atoms. The zero-order valence-corrected chi connectivity index (χ0v) is 19.6. The molecule has 0 saturated carbocycles. The number of aliphatic hydroxyl groups excluding tert-OH is 1. The van der Waals surface area contributed by atoms with Crippen LogP contribution in [0.3, 0.4) is 0 Å². The minimum atomic E-state index is -3.44. The van der Waals surface area contributed by atoms with E-state index in [0.717, 1.165) is 17.6 Å². The first-order chi connectivity index (χ1) is 16.1. The number of rotatable bonds is 5. The summed E-state index contributed by atoms with van der Waals surface area (Å²) in [6.07, 6.45) is 4.16. The molecule has 0 fully saturated rings. The van der Waals surface area contributed by atoms with Crippen LogP contribution in [0.4, 0.5) is 5.13 Å². The predicted molar refractivity (Wildman–Crippen MR) is 125 cm³/mol. The molecule has 0 radical (unpaired) electrons. The van der Waals surface area contributed by atoms with Gasteiger partial charge in [0.15, 0.2) is 26.5 Å². The van der Waals surface area contributed by atoms with Crippen LogP contribution >= 0.6 is 11.3 Å². The summed E-state index contributed by atoms with van der Waals surface area (Å²) in [6, 6.07) is 9.91. The summed E-state index contributed by atoms with van der Waals surface area (Å²) in [7, 11) is -3.44. The number of thiazole rings is 1. The molecule has 1 aromatic carbocycles. The zero-order chi connectivity index (χ0) is 24.2. The number of fused-ring (bicyclic) bond motifs is 1. The van der Waals surface area contributed by atoms with Gasteiger partial charge in [0.25, 0.3) is 5.91 Å². The highest BCUT2D eigenvalue weighted by atomic mass is 32.2. The van der Waals surface area contributed by atoms with Crippen LogP contribution in [0, 0.1) is 6.92 Å². The molecule has 9 nitrogen and oxygen atoms in total. The van der Waals surface area contributed by atoms with Crippen molar-refractivity contribution >= 4 is 48.2 Å². The molecule has 0 aliphatic carbocycles. The van der Waals surface area contributed by atoms with Crippen LogP contribution in [0.2, 0.25) is 0 Å². The fourth-order valence-electron chi connectivity index (χ4n) is 3.80. The molecule has 1 N–H and O–H groups in total. The van der Waals surface area contributed by atoms with Gasteiger partial charge in [-0.15, -0.1) is 0 Å². The van der Waals surface area contributed by atoms with E-state index in [1.807, 2.05) is 0 Å². The number of amides is 1. The van der Waals surface area contributed by atoms with E-state index < -0.39 is 33.3 Å². The number of anilines is 1. The van der Waals surface area contributed by atoms with E-state index in [1.165, 1.54) is 29.3 Å². The number of hydrogen-bond acceptors (Lipinski definition) is 9. The van der Waals surface area contributed by atoms with E-state index in [1.54, 1.807) is 37.4 Å². The number of pyridine rings is 1. The normalized spacial score (nSPS) is 16.6. The number of nitrogens with zero attached hydrogens (tertiary/aromatic N) is 3. The Morgan fingerprint density at radius 1 is 1.21 bits per heavy atom. The van der Waals surface area contributed by atoms with Gasteiger partial charge in [-0.1, -0.05) is 17.4 Å². The number of Topliss-reactive ketones (excluding diaryl/α,β-unsaturated/α-hetero) is 1. The van der Waals surface area contributed by atoms with Gasteiger partial charge in [-0.2, -0.15) is 0 Å². The molecule has 11 heteroatoms. The summed E-state index contributed by atoms with van der Waals surface area (Å²) in [5, 5.41) is 11.0. The smallest absolute Gasteiger partial charge is 0.296 e. The third-order valence-corrected chi connectivity index (χ3v) is 7.53. The molecule has 1 aliphatic rings. The summed E-state index contributed by atoms with van der Waals surface area (Å²) >= 11 is 1.08. The van der Waals surface area contributed by atoms with Crippen molar-refractivity contribution in [3.05, 3.63) is 83.3 Å². The van der Waals surface area contributed by atoms with E-state index in [9.17, 15) is 23.1 Å². The first-order valence-electron chi connectivity index (χ1n) is 10.0. The molecule has 1 aliphatic heterocycles. The SMILES string of the molecule is Cc1ccc(C(=O)C2=C(O)C(=O)N(c3nc4ccc(S(C)(=O)=O)cc4s3)C2c2cccnc2)o1. The Hall–Kier alpha value is -3.83. The highest BCUT2D eigenvalue weighted by Gasteiger charge is 2.46. The fourth-order valence-corrected chi connectivity index (χ4v) is 5.56. The van der Waals surface area contributed by atoms with Gasteiger partial charge in [0.2, 0.25) is 5.78 Å². The quantitative estimate of drug-likeness (QED) is 0.414. The number of aryl methyl sites for hydroxylation is 1. The molecule has 0 spiro atoms. The van der Waals surface area contributed by atoms with Crippen LogP contribution in [0.25, 0.3) is 10.2 Å². The van der Waals surface area contributed by atoms with Crippen molar-refractivity contribution in [2.45, 2.75) is 17.9 Å². The van der Waals surface area contributed by atoms with Crippen molar-refractivity contribution in [3.8, 4) is 0 Å². The third-order valence-electron chi connectivity index (χ3n) is 5.40. The molecular weight excluding hydrogens is 478 g/mol. The molecule has 172 valence electrons. The van der Waals surface area contributed by atoms with E-state index in [2.05, 4.69) is 9.97 Å². The Kier molecular flexibility index (Phi) is 5.10. The van der Waals surface area contributed by atoms with E-state index in [-0.39, 0.29) is 21.4 Å². The Labute approximate surface area is 197 Å². The van der Waals surface area contributed by atoms with Crippen LogP contribution in [0.5, 0.6) is 0 Å². The van der Waals surface area contributed by atoms with Crippen molar-refractivity contribution in [3.63, 3.8) is 0 Å². The number of sulfone groups is 1. The Morgan fingerprint density at radius 2 is 2.00 bits per heavy atom. The Morgan fingerprint density at radius 3 is 2.65 bits per heavy atom. The maximum absolute atomic E-state index is 13.3. The molecule has 0 saturated heterocycles. The molecule has 4 heterocycles. The standard InChI is InChI=1S/C23H17N3O6S2/c1-12-5-8-16(32-12)20(27)18-19(13-4-3-9-24-11-13)26(22(29)21(18)28)23-25-15-7-6-14(34(2,30)31)10-17(15)33-23/h3-11,19,28H,1-2H3. The van der Waals surface area contributed by atoms with Gasteiger partial charge in [-0.25, -0.2) is 13.4 Å². The maximum atomic E-state index is 13.3. The van der Waals surface area contributed by atoms with Gasteiger partial charge < -0.3 is 9.52 Å². The highest BCUT2D eigenvalue weighted by Crippen LogP contribution is 2.44. The molecule has 3 aromatic heterocycles. The summed E-state index contributed by atoms with van der Waals surface area (Å²) in [5.41, 5.74) is 0.817. The van der Waals surface area contributed by atoms with Crippen LogP contribution in [-0.2, 0) is 14.6 Å². The predicted octanol–water partition coefficient (Wildman–Crippen LogP) is 3.78. The first kappa shape index (κ1) is 22.0. The molecule has 4 aromatic rings. The molecule has 1 atom stereocenters. The van der Waals surface area contributed by atoms with E-state index in [0.29, 0.717) is 21.5 Å². The molecule has 1 unspecified atom stereocenters. The molecular formula is C23H17N3O6S2. The minimum absolute atomic E-state index is 0.00955. The van der Waals surface area contributed by atoms with E-state index >= 15 is 0 Å². The summed E-state index contributed by atoms with van der Waals surface area (Å²) < 4.78 is 29.9. The van der Waals surface area contributed by atoms with Gasteiger partial charge >= 0.3 is 0 Å². The average Bonchev–Trinajstić information content (AvgIpc) is 3.49. The minimum Gasteiger partial charge on any atom is -0.503 e. The van der Waals surface area contributed by atoms with Crippen molar-refractivity contribution in [2.75, 3.05) is 11.2 Å². The summed E-state index contributed by atoms with van der Waals surface area (Å²) in [4.78, 5) is 36.5. The zero-order valence-electron chi connectivity index (χ0n) is 17.9. The maximum Gasteiger partial charge on any atom is 0.296 e. The largest absolute Gasteiger partial charge is 0.503 e. The summed E-state index contributed by atoms with van der Waals surface area (Å²) in [6.45, 7) is 1.68. The number of benzene rings is 1. The third kappa shape index (κ3) is 3.58. The number of aromatic nitrogens is 2. The Balaban J connectivity index is 1.66. The van der Waals surface area contributed by atoms with Gasteiger partial charge in [0.1, 0.15) is 5.76 Å². The lowest BCUT2D eigenvalue weighted by atomic mass is 9.96. The molecule has 0 bridgehead atoms. The van der Waals surface area contributed by atoms with Crippen molar-refractivity contribution in [1.82, 2.24) is 9.97 Å². The average molecular weight is 496 g/mol. The molecule has 5 rings (SSSR count).